The number of aromatic nitrogens is 2. The Labute approximate surface area is 162 Å². The van der Waals surface area contributed by atoms with E-state index in [-0.39, 0.29) is 11.0 Å². The highest BCUT2D eigenvalue weighted by atomic mass is 16.5. The van der Waals surface area contributed by atoms with Crippen molar-refractivity contribution in [2.24, 2.45) is 0 Å². The second-order valence-corrected chi connectivity index (χ2v) is 7.84. The molecule has 1 spiro atoms. The fourth-order valence-corrected chi connectivity index (χ4v) is 5.05. The van der Waals surface area contributed by atoms with Crippen molar-refractivity contribution < 1.29 is 4.74 Å². The number of ether oxygens (including phenoxy) is 1. The normalized spacial score (nSPS) is 16.6. The van der Waals surface area contributed by atoms with Crippen LogP contribution in [-0.2, 0) is 11.8 Å². The quantitative estimate of drug-likeness (QED) is 0.746. The van der Waals surface area contributed by atoms with Crippen molar-refractivity contribution in [3.63, 3.8) is 0 Å². The van der Waals surface area contributed by atoms with Crippen LogP contribution in [0.1, 0.15) is 36.8 Å². The Morgan fingerprint density at radius 2 is 1.71 bits per heavy atom. The summed E-state index contributed by atoms with van der Waals surface area (Å²) in [6, 6.07) is 15.1. The largest absolute Gasteiger partial charge is 0.497 e. The van der Waals surface area contributed by atoms with E-state index in [1.807, 2.05) is 18.2 Å². The Balaban J connectivity index is 1.81. The zero-order valence-electron chi connectivity index (χ0n) is 15.8. The van der Waals surface area contributed by atoms with Crippen LogP contribution in [0.25, 0.3) is 16.9 Å². The van der Waals surface area contributed by atoms with Crippen LogP contribution >= 0.6 is 0 Å². The molecule has 3 aromatic rings. The minimum Gasteiger partial charge on any atom is -0.497 e. The molecule has 0 atom stereocenters. The molecule has 2 aromatic carbocycles. The van der Waals surface area contributed by atoms with Gasteiger partial charge in [-0.15, -0.1) is 0 Å². The van der Waals surface area contributed by atoms with Crippen LogP contribution < -0.4 is 16.0 Å². The second-order valence-electron chi connectivity index (χ2n) is 7.84. The second kappa shape index (κ2) is 6.23. The van der Waals surface area contributed by atoms with Crippen LogP contribution in [0.4, 0.5) is 0 Å². The highest BCUT2D eigenvalue weighted by molar-refractivity contribution is 5.71. The number of H-pyrrole nitrogens is 1. The van der Waals surface area contributed by atoms with E-state index in [2.05, 4.69) is 11.1 Å². The van der Waals surface area contributed by atoms with Crippen LogP contribution in [0.2, 0.25) is 0 Å². The lowest BCUT2D eigenvalue weighted by Gasteiger charge is -2.36. The van der Waals surface area contributed by atoms with Gasteiger partial charge in [0.25, 0.3) is 5.56 Å². The summed E-state index contributed by atoms with van der Waals surface area (Å²) in [5.41, 5.74) is 3.46. The monoisotopic (exact) mass is 374 g/mol. The molecule has 1 heterocycles. The Morgan fingerprint density at radius 3 is 2.43 bits per heavy atom. The summed E-state index contributed by atoms with van der Waals surface area (Å²) in [6.07, 6.45) is 5.06. The van der Waals surface area contributed by atoms with Gasteiger partial charge in [-0.2, -0.15) is 0 Å². The third-order valence-corrected chi connectivity index (χ3v) is 6.34. The zero-order chi connectivity index (χ0) is 19.3. The average molecular weight is 374 g/mol. The first-order valence-corrected chi connectivity index (χ1v) is 9.75. The van der Waals surface area contributed by atoms with Gasteiger partial charge in [-0.05, 0) is 49.1 Å². The molecule has 0 unspecified atom stereocenters. The smallest absolute Gasteiger partial charge is 0.333 e. The molecule has 0 amide bonds. The van der Waals surface area contributed by atoms with Crippen LogP contribution in [-0.4, -0.2) is 16.7 Å². The van der Waals surface area contributed by atoms with Gasteiger partial charge in [0.05, 0.1) is 18.5 Å². The van der Waals surface area contributed by atoms with Gasteiger partial charge in [-0.3, -0.25) is 4.79 Å². The van der Waals surface area contributed by atoms with Gasteiger partial charge in [0.15, 0.2) is 0 Å². The summed E-state index contributed by atoms with van der Waals surface area (Å²) in [5.74, 6) is 0.687. The van der Waals surface area contributed by atoms with Crippen molar-refractivity contribution in [2.75, 3.05) is 7.11 Å². The van der Waals surface area contributed by atoms with Crippen LogP contribution in [0, 0.1) is 0 Å². The Bertz CT molecular complexity index is 1170. The van der Waals surface area contributed by atoms with Crippen molar-refractivity contribution >= 4 is 0 Å². The number of fused-ring (bicyclic) bond motifs is 4. The van der Waals surface area contributed by atoms with E-state index in [0.717, 1.165) is 43.2 Å². The lowest BCUT2D eigenvalue weighted by molar-refractivity contribution is 0.414. The number of rotatable bonds is 2. The van der Waals surface area contributed by atoms with Gasteiger partial charge >= 0.3 is 5.69 Å². The van der Waals surface area contributed by atoms with Crippen LogP contribution in [0.15, 0.2) is 58.1 Å². The Hall–Kier alpha value is -3.08. The summed E-state index contributed by atoms with van der Waals surface area (Å²) < 4.78 is 6.47. The van der Waals surface area contributed by atoms with Gasteiger partial charge in [-0.1, -0.05) is 37.1 Å². The SMILES string of the molecule is COc1ccc(-n2c(=O)[nH]c3c(c2=O)C2(CCCC2)Cc2ccccc2-3)cc1. The molecule has 0 bridgehead atoms. The Kier molecular flexibility index (Phi) is 3.79. The summed E-state index contributed by atoms with van der Waals surface area (Å²) in [6.45, 7) is 0. The van der Waals surface area contributed by atoms with Crippen molar-refractivity contribution in [3.8, 4) is 22.7 Å². The molecule has 0 saturated heterocycles. The van der Waals surface area contributed by atoms with Gasteiger partial charge in [-0.25, -0.2) is 9.36 Å². The van der Waals surface area contributed by atoms with E-state index in [1.54, 1.807) is 31.4 Å². The maximum absolute atomic E-state index is 13.7. The molecule has 5 heteroatoms. The molecular formula is C23H22N2O3. The van der Waals surface area contributed by atoms with E-state index in [9.17, 15) is 9.59 Å². The maximum Gasteiger partial charge on any atom is 0.333 e. The van der Waals surface area contributed by atoms with E-state index in [4.69, 9.17) is 4.74 Å². The molecule has 5 nitrogen and oxygen atoms in total. The molecule has 28 heavy (non-hydrogen) atoms. The minimum atomic E-state index is -0.404. The molecular weight excluding hydrogens is 352 g/mol. The first kappa shape index (κ1) is 17.0. The van der Waals surface area contributed by atoms with Crippen molar-refractivity contribution in [3.05, 3.63) is 80.5 Å². The predicted octanol–water partition coefficient (Wildman–Crippen LogP) is 3.57. The van der Waals surface area contributed by atoms with Gasteiger partial charge in [0.2, 0.25) is 0 Å². The van der Waals surface area contributed by atoms with Crippen molar-refractivity contribution in [1.82, 2.24) is 9.55 Å². The van der Waals surface area contributed by atoms with Crippen LogP contribution in [0.3, 0.4) is 0 Å². The van der Waals surface area contributed by atoms with Crippen LogP contribution in [0.5, 0.6) is 5.75 Å². The number of hydrogen-bond acceptors (Lipinski definition) is 3. The number of nitrogens with zero attached hydrogens (tertiary/aromatic N) is 1. The van der Waals surface area contributed by atoms with Crippen molar-refractivity contribution in [2.45, 2.75) is 37.5 Å². The number of methoxy groups -OCH3 is 1. The fourth-order valence-electron chi connectivity index (χ4n) is 5.05. The molecule has 2 aliphatic carbocycles. The maximum atomic E-state index is 13.7. The molecule has 142 valence electrons. The lowest BCUT2D eigenvalue weighted by atomic mass is 9.68. The zero-order valence-corrected chi connectivity index (χ0v) is 15.8. The summed E-state index contributed by atoms with van der Waals surface area (Å²) >= 11 is 0. The molecule has 2 aliphatic rings. The fraction of sp³-hybridized carbons (Fsp3) is 0.304. The Morgan fingerprint density at radius 1 is 1.00 bits per heavy atom. The minimum absolute atomic E-state index is 0.181. The topological polar surface area (TPSA) is 64.1 Å². The third-order valence-electron chi connectivity index (χ3n) is 6.34. The molecule has 0 aliphatic heterocycles. The van der Waals surface area contributed by atoms with E-state index >= 15 is 0 Å². The highest BCUT2D eigenvalue weighted by Gasteiger charge is 2.44. The number of benzene rings is 2. The van der Waals surface area contributed by atoms with E-state index < -0.39 is 5.69 Å². The average Bonchev–Trinajstić information content (AvgIpc) is 3.16. The number of nitrogens with one attached hydrogen (secondary N) is 1. The number of hydrogen-bond donors (Lipinski definition) is 1. The summed E-state index contributed by atoms with van der Waals surface area (Å²) in [5, 5.41) is 0. The molecule has 0 radical (unpaired) electrons. The summed E-state index contributed by atoms with van der Waals surface area (Å²) in [7, 11) is 1.59. The highest BCUT2D eigenvalue weighted by Crippen LogP contribution is 2.49. The standard InChI is InChI=1S/C23H22N2O3/c1-28-17-10-8-16(9-11-17)25-21(26)19-20(24-22(25)27)18-7-3-2-6-15(18)14-23(19)12-4-5-13-23/h2-3,6-11H,4-5,12-14H2,1H3,(H,24,27). The predicted molar refractivity (Wildman–Crippen MR) is 108 cm³/mol. The summed E-state index contributed by atoms with van der Waals surface area (Å²) in [4.78, 5) is 29.7. The molecule has 1 saturated carbocycles. The van der Waals surface area contributed by atoms with E-state index in [0.29, 0.717) is 17.1 Å². The first-order chi connectivity index (χ1) is 13.6. The van der Waals surface area contributed by atoms with Crippen molar-refractivity contribution in [1.29, 1.82) is 0 Å². The number of aromatic amines is 1. The molecule has 5 rings (SSSR count). The van der Waals surface area contributed by atoms with Gasteiger partial charge in [0.1, 0.15) is 5.75 Å². The van der Waals surface area contributed by atoms with E-state index in [1.165, 1.54) is 10.1 Å². The van der Waals surface area contributed by atoms with Gasteiger partial charge in [0, 0.05) is 16.5 Å². The van der Waals surface area contributed by atoms with Gasteiger partial charge < -0.3 is 9.72 Å². The molecule has 1 aromatic heterocycles. The lowest BCUT2D eigenvalue weighted by Crippen LogP contribution is -2.44. The third kappa shape index (κ3) is 2.39. The first-order valence-electron chi connectivity index (χ1n) is 9.75. The molecule has 1 fully saturated rings. The molecule has 1 N–H and O–H groups in total.